The Morgan fingerprint density at radius 2 is 2.33 bits per heavy atom. The molecule has 1 saturated heterocycles. The van der Waals surface area contributed by atoms with Crippen molar-refractivity contribution in [2.24, 2.45) is 0 Å². The van der Waals surface area contributed by atoms with Gasteiger partial charge in [-0.3, -0.25) is 4.90 Å². The molecule has 0 amide bonds. The molecular weight excluding hydrogens is 244 g/mol. The van der Waals surface area contributed by atoms with Crippen molar-refractivity contribution in [3.05, 3.63) is 24.3 Å². The van der Waals surface area contributed by atoms with Gasteiger partial charge in [0.2, 0.25) is 0 Å². The molecule has 18 heavy (non-hydrogen) atoms. The van der Waals surface area contributed by atoms with Gasteiger partial charge in [-0.2, -0.15) is 11.8 Å². The zero-order chi connectivity index (χ0) is 12.4. The van der Waals surface area contributed by atoms with E-state index in [0.29, 0.717) is 6.04 Å². The molecule has 3 rings (SSSR count). The summed E-state index contributed by atoms with van der Waals surface area (Å²) in [4.78, 5) is 2.55. The summed E-state index contributed by atoms with van der Waals surface area (Å²) in [6.45, 7) is 5.44. The molecule has 0 radical (unpaired) electrons. The van der Waals surface area contributed by atoms with Gasteiger partial charge in [-0.15, -0.1) is 0 Å². The molecule has 0 aliphatic carbocycles. The highest BCUT2D eigenvalue weighted by molar-refractivity contribution is 7.99. The Kier molecular flexibility index (Phi) is 3.66. The lowest BCUT2D eigenvalue weighted by Crippen LogP contribution is -2.48. The average molecular weight is 264 g/mol. The molecule has 2 aliphatic heterocycles. The smallest absolute Gasteiger partial charge is 0.142 e. The molecule has 4 heteroatoms. The normalized spacial score (nSPS) is 28.1. The molecule has 2 heterocycles. The van der Waals surface area contributed by atoms with Crippen molar-refractivity contribution in [1.82, 2.24) is 4.90 Å². The number of anilines is 1. The van der Waals surface area contributed by atoms with Crippen LogP contribution in [-0.2, 0) is 0 Å². The fourth-order valence-electron chi connectivity index (χ4n) is 2.56. The van der Waals surface area contributed by atoms with Crippen molar-refractivity contribution in [2.75, 3.05) is 36.5 Å². The molecule has 1 aromatic carbocycles. The van der Waals surface area contributed by atoms with Crippen LogP contribution < -0.4 is 10.1 Å². The Bertz CT molecular complexity index is 413. The van der Waals surface area contributed by atoms with Crippen LogP contribution in [0.2, 0.25) is 0 Å². The van der Waals surface area contributed by atoms with Crippen LogP contribution in [0.1, 0.15) is 6.92 Å². The maximum absolute atomic E-state index is 6.07. The fourth-order valence-corrected chi connectivity index (χ4v) is 3.64. The van der Waals surface area contributed by atoms with Gasteiger partial charge >= 0.3 is 0 Å². The Morgan fingerprint density at radius 3 is 3.22 bits per heavy atom. The average Bonchev–Trinajstić information content (AvgIpc) is 2.41. The van der Waals surface area contributed by atoms with E-state index in [0.717, 1.165) is 24.5 Å². The van der Waals surface area contributed by atoms with Crippen LogP contribution in [0, 0.1) is 0 Å². The van der Waals surface area contributed by atoms with Crippen molar-refractivity contribution >= 4 is 17.4 Å². The van der Waals surface area contributed by atoms with Crippen LogP contribution >= 0.6 is 11.8 Å². The number of ether oxygens (including phenoxy) is 1. The molecule has 0 bridgehead atoms. The summed E-state index contributed by atoms with van der Waals surface area (Å²) >= 11 is 2.06. The van der Waals surface area contributed by atoms with Gasteiger partial charge in [-0.25, -0.2) is 0 Å². The number of nitrogens with one attached hydrogen (secondary N) is 1. The topological polar surface area (TPSA) is 24.5 Å². The minimum atomic E-state index is 0.269. The SMILES string of the molecule is CC1CSCCN1CC1CNc2ccccc2O1. The zero-order valence-corrected chi connectivity index (χ0v) is 11.6. The molecule has 0 spiro atoms. The molecule has 1 N–H and O–H groups in total. The van der Waals surface area contributed by atoms with Gasteiger partial charge in [-0.05, 0) is 19.1 Å². The van der Waals surface area contributed by atoms with Crippen molar-refractivity contribution in [1.29, 1.82) is 0 Å². The van der Waals surface area contributed by atoms with Gasteiger partial charge in [0.25, 0.3) is 0 Å². The lowest BCUT2D eigenvalue weighted by molar-refractivity contribution is 0.120. The largest absolute Gasteiger partial charge is 0.485 e. The summed E-state index contributed by atoms with van der Waals surface area (Å²) in [5.74, 6) is 3.49. The summed E-state index contributed by atoms with van der Waals surface area (Å²) in [5.41, 5.74) is 1.12. The van der Waals surface area contributed by atoms with Gasteiger partial charge in [0.05, 0.1) is 12.2 Å². The number of para-hydroxylation sites is 2. The van der Waals surface area contributed by atoms with Crippen LogP contribution in [0.25, 0.3) is 0 Å². The predicted octanol–water partition coefficient (Wildman–Crippen LogP) is 2.30. The monoisotopic (exact) mass is 264 g/mol. The summed E-state index contributed by atoms with van der Waals surface area (Å²) < 4.78 is 6.07. The Hall–Kier alpha value is -0.870. The molecule has 1 fully saturated rings. The van der Waals surface area contributed by atoms with Crippen molar-refractivity contribution < 1.29 is 4.74 Å². The van der Waals surface area contributed by atoms with Gasteiger partial charge < -0.3 is 10.1 Å². The maximum Gasteiger partial charge on any atom is 0.142 e. The third kappa shape index (κ3) is 2.59. The van der Waals surface area contributed by atoms with E-state index in [1.54, 1.807) is 0 Å². The number of rotatable bonds is 2. The second kappa shape index (κ2) is 5.41. The van der Waals surface area contributed by atoms with Gasteiger partial charge in [0, 0.05) is 30.6 Å². The number of nitrogens with zero attached hydrogens (tertiary/aromatic N) is 1. The first-order valence-electron chi connectivity index (χ1n) is 6.64. The van der Waals surface area contributed by atoms with Crippen LogP contribution in [0.5, 0.6) is 5.75 Å². The number of thioether (sulfide) groups is 1. The van der Waals surface area contributed by atoms with E-state index in [4.69, 9.17) is 4.74 Å². The summed E-state index contributed by atoms with van der Waals surface area (Å²) in [6, 6.07) is 8.86. The van der Waals surface area contributed by atoms with E-state index in [1.807, 2.05) is 18.2 Å². The number of fused-ring (bicyclic) bond motifs is 1. The van der Waals surface area contributed by atoms with E-state index < -0.39 is 0 Å². The van der Waals surface area contributed by atoms with Crippen LogP contribution in [-0.4, -0.2) is 48.2 Å². The maximum atomic E-state index is 6.07. The lowest BCUT2D eigenvalue weighted by Gasteiger charge is -2.37. The quantitative estimate of drug-likeness (QED) is 0.886. The molecule has 2 atom stereocenters. The molecule has 1 aromatic rings. The van der Waals surface area contributed by atoms with E-state index in [1.165, 1.54) is 18.1 Å². The van der Waals surface area contributed by atoms with Crippen LogP contribution in [0.4, 0.5) is 5.69 Å². The minimum absolute atomic E-state index is 0.269. The zero-order valence-electron chi connectivity index (χ0n) is 10.8. The Balaban J connectivity index is 1.62. The number of benzene rings is 1. The van der Waals surface area contributed by atoms with E-state index in [-0.39, 0.29) is 6.10 Å². The highest BCUT2D eigenvalue weighted by atomic mass is 32.2. The second-order valence-electron chi connectivity index (χ2n) is 5.04. The predicted molar refractivity (Wildman–Crippen MR) is 77.7 cm³/mol. The van der Waals surface area contributed by atoms with Gasteiger partial charge in [0.1, 0.15) is 11.9 Å². The highest BCUT2D eigenvalue weighted by Crippen LogP contribution is 2.28. The first-order chi connectivity index (χ1) is 8.83. The summed E-state index contributed by atoms with van der Waals surface area (Å²) in [5, 5.41) is 3.46. The van der Waals surface area contributed by atoms with Gasteiger partial charge in [0.15, 0.2) is 0 Å². The lowest BCUT2D eigenvalue weighted by atomic mass is 10.2. The molecule has 2 unspecified atom stereocenters. The Morgan fingerprint density at radius 1 is 1.44 bits per heavy atom. The molecule has 0 saturated carbocycles. The molecular formula is C14H20N2OS. The third-order valence-electron chi connectivity index (χ3n) is 3.64. The minimum Gasteiger partial charge on any atom is -0.485 e. The number of hydrogen-bond acceptors (Lipinski definition) is 4. The van der Waals surface area contributed by atoms with E-state index in [2.05, 4.69) is 35.0 Å². The second-order valence-corrected chi connectivity index (χ2v) is 6.19. The van der Waals surface area contributed by atoms with Crippen LogP contribution in [0.3, 0.4) is 0 Å². The van der Waals surface area contributed by atoms with Crippen molar-refractivity contribution in [3.8, 4) is 5.75 Å². The van der Waals surface area contributed by atoms with Crippen molar-refractivity contribution in [2.45, 2.75) is 19.1 Å². The van der Waals surface area contributed by atoms with Gasteiger partial charge in [-0.1, -0.05) is 12.1 Å². The fraction of sp³-hybridized carbons (Fsp3) is 0.571. The summed E-state index contributed by atoms with van der Waals surface area (Å²) in [7, 11) is 0. The Labute approximate surface area is 113 Å². The third-order valence-corrected chi connectivity index (χ3v) is 4.83. The first-order valence-corrected chi connectivity index (χ1v) is 7.80. The standard InChI is InChI=1S/C14H20N2OS/c1-11-10-18-7-6-16(11)9-12-8-15-13-4-2-3-5-14(13)17-12/h2-5,11-12,15H,6-10H2,1H3. The van der Waals surface area contributed by atoms with Crippen LogP contribution in [0.15, 0.2) is 24.3 Å². The van der Waals surface area contributed by atoms with E-state index >= 15 is 0 Å². The molecule has 3 nitrogen and oxygen atoms in total. The molecule has 0 aromatic heterocycles. The van der Waals surface area contributed by atoms with E-state index in [9.17, 15) is 0 Å². The molecule has 98 valence electrons. The summed E-state index contributed by atoms with van der Waals surface area (Å²) in [6.07, 6.45) is 0.269. The molecule has 2 aliphatic rings. The first kappa shape index (κ1) is 12.2. The van der Waals surface area contributed by atoms with Crippen molar-refractivity contribution in [3.63, 3.8) is 0 Å². The highest BCUT2D eigenvalue weighted by Gasteiger charge is 2.25. The number of hydrogen-bond donors (Lipinski definition) is 1.